The largest absolute Gasteiger partial charge is 0.480 e. The van der Waals surface area contributed by atoms with Crippen LogP contribution in [0.1, 0.15) is 42.9 Å². The van der Waals surface area contributed by atoms with Gasteiger partial charge in [0.1, 0.15) is 5.75 Å². The molecule has 2 aromatic rings. The highest BCUT2D eigenvalue weighted by atomic mass is 16.5. The van der Waals surface area contributed by atoms with Crippen LogP contribution in [-0.4, -0.2) is 25.1 Å². The van der Waals surface area contributed by atoms with Gasteiger partial charge in [-0.3, -0.25) is 4.79 Å². The fraction of sp³-hybridized carbons (Fsp3) is 0.435. The first-order valence-electron chi connectivity index (χ1n) is 9.92. The lowest BCUT2D eigenvalue weighted by molar-refractivity contribution is -0.128. The third-order valence-electron chi connectivity index (χ3n) is 5.15. The van der Waals surface area contributed by atoms with Gasteiger partial charge in [-0.2, -0.15) is 0 Å². The quantitative estimate of drug-likeness (QED) is 0.791. The number of ether oxygens (including phenoxy) is 1. The summed E-state index contributed by atoms with van der Waals surface area (Å²) in [5.74, 6) is 0.717. The molecule has 0 aromatic heterocycles. The van der Waals surface area contributed by atoms with Gasteiger partial charge in [0.15, 0.2) is 6.10 Å². The lowest BCUT2D eigenvalue weighted by Crippen LogP contribution is -2.37. The summed E-state index contributed by atoms with van der Waals surface area (Å²) >= 11 is 0. The van der Waals surface area contributed by atoms with Crippen LogP contribution in [0.5, 0.6) is 5.75 Å². The van der Waals surface area contributed by atoms with Gasteiger partial charge in [-0.15, -0.1) is 0 Å². The summed E-state index contributed by atoms with van der Waals surface area (Å²) in [6.07, 6.45) is 2.70. The van der Waals surface area contributed by atoms with Crippen molar-refractivity contribution in [3.63, 3.8) is 0 Å². The van der Waals surface area contributed by atoms with Crippen molar-refractivity contribution in [3.8, 4) is 5.75 Å². The molecule has 4 heteroatoms. The average Bonchev–Trinajstić information content (AvgIpc) is 3.22. The van der Waals surface area contributed by atoms with Crippen molar-refractivity contribution in [1.29, 1.82) is 0 Å². The number of amides is 1. The van der Waals surface area contributed by atoms with Gasteiger partial charge < -0.3 is 15.0 Å². The topological polar surface area (TPSA) is 41.6 Å². The molecule has 1 amide bonds. The zero-order chi connectivity index (χ0) is 19.2. The number of carbonyl (C=O) groups excluding carboxylic acids is 1. The van der Waals surface area contributed by atoms with Crippen molar-refractivity contribution in [3.05, 3.63) is 59.2 Å². The second-order valence-electron chi connectivity index (χ2n) is 7.36. The SMILES string of the molecule is CC[C@H](Oc1cc(C)ccc1C)C(=O)NCc1ccc(N2CCCC2)cc1. The van der Waals surface area contributed by atoms with Crippen LogP contribution in [0.25, 0.3) is 0 Å². The van der Waals surface area contributed by atoms with E-state index >= 15 is 0 Å². The number of carbonyl (C=O) groups is 1. The van der Waals surface area contributed by atoms with E-state index in [1.54, 1.807) is 0 Å². The van der Waals surface area contributed by atoms with Crippen LogP contribution in [0.2, 0.25) is 0 Å². The predicted octanol–water partition coefficient (Wildman–Crippen LogP) is 4.38. The number of benzene rings is 2. The zero-order valence-electron chi connectivity index (χ0n) is 16.6. The van der Waals surface area contributed by atoms with E-state index in [-0.39, 0.29) is 5.91 Å². The monoisotopic (exact) mass is 366 g/mol. The standard InChI is InChI=1S/C23H30N2O2/c1-4-21(27-22-15-17(2)7-8-18(22)3)23(26)24-16-19-9-11-20(12-10-19)25-13-5-6-14-25/h7-12,15,21H,4-6,13-14,16H2,1-3H3,(H,24,26)/t21-/m0/s1. The Morgan fingerprint density at radius 1 is 1.11 bits per heavy atom. The molecule has 0 unspecified atom stereocenters. The zero-order valence-corrected chi connectivity index (χ0v) is 16.6. The average molecular weight is 367 g/mol. The summed E-state index contributed by atoms with van der Waals surface area (Å²) in [6.45, 7) is 8.81. The van der Waals surface area contributed by atoms with Crippen molar-refractivity contribution in [2.45, 2.75) is 52.7 Å². The number of nitrogens with one attached hydrogen (secondary N) is 1. The Morgan fingerprint density at radius 3 is 2.48 bits per heavy atom. The van der Waals surface area contributed by atoms with Gasteiger partial charge in [0.25, 0.3) is 5.91 Å². The molecule has 1 saturated heterocycles. The van der Waals surface area contributed by atoms with E-state index in [2.05, 4.69) is 40.5 Å². The van der Waals surface area contributed by atoms with E-state index in [9.17, 15) is 4.79 Å². The molecule has 1 aliphatic heterocycles. The molecule has 1 aliphatic rings. The summed E-state index contributed by atoms with van der Waals surface area (Å²) < 4.78 is 5.99. The predicted molar refractivity (Wildman–Crippen MR) is 110 cm³/mol. The fourth-order valence-electron chi connectivity index (χ4n) is 3.41. The molecule has 1 fully saturated rings. The number of nitrogens with zero attached hydrogens (tertiary/aromatic N) is 1. The van der Waals surface area contributed by atoms with Gasteiger partial charge in [0, 0.05) is 25.3 Å². The number of hydrogen-bond acceptors (Lipinski definition) is 3. The van der Waals surface area contributed by atoms with Crippen LogP contribution >= 0.6 is 0 Å². The van der Waals surface area contributed by atoms with E-state index in [1.165, 1.54) is 18.5 Å². The number of anilines is 1. The van der Waals surface area contributed by atoms with Crippen molar-refractivity contribution in [2.75, 3.05) is 18.0 Å². The summed E-state index contributed by atoms with van der Waals surface area (Å²) in [4.78, 5) is 15.0. The molecule has 27 heavy (non-hydrogen) atoms. The molecule has 1 atom stereocenters. The maximum atomic E-state index is 12.6. The first-order valence-corrected chi connectivity index (χ1v) is 9.92. The van der Waals surface area contributed by atoms with Crippen LogP contribution in [0.3, 0.4) is 0 Å². The normalized spacial score (nSPS) is 14.9. The van der Waals surface area contributed by atoms with E-state index in [0.717, 1.165) is 35.5 Å². The molecule has 0 aliphatic carbocycles. The highest BCUT2D eigenvalue weighted by Gasteiger charge is 2.19. The van der Waals surface area contributed by atoms with Crippen molar-refractivity contribution in [2.24, 2.45) is 0 Å². The van der Waals surface area contributed by atoms with Crippen LogP contribution < -0.4 is 15.0 Å². The molecular weight excluding hydrogens is 336 g/mol. The van der Waals surface area contributed by atoms with Gasteiger partial charge >= 0.3 is 0 Å². The van der Waals surface area contributed by atoms with Gasteiger partial charge in [0.2, 0.25) is 0 Å². The minimum atomic E-state index is -0.477. The number of rotatable bonds is 7. The smallest absolute Gasteiger partial charge is 0.261 e. The summed E-state index contributed by atoms with van der Waals surface area (Å²) in [5, 5.41) is 3.02. The Kier molecular flexibility index (Phi) is 6.38. The van der Waals surface area contributed by atoms with Crippen LogP contribution in [0.4, 0.5) is 5.69 Å². The molecule has 4 nitrogen and oxygen atoms in total. The first-order chi connectivity index (χ1) is 13.1. The Labute approximate surface area is 162 Å². The Morgan fingerprint density at radius 2 is 1.81 bits per heavy atom. The molecule has 1 heterocycles. The van der Waals surface area contributed by atoms with E-state index in [0.29, 0.717) is 13.0 Å². The van der Waals surface area contributed by atoms with Crippen molar-refractivity contribution in [1.82, 2.24) is 5.32 Å². The highest BCUT2D eigenvalue weighted by molar-refractivity contribution is 5.81. The van der Waals surface area contributed by atoms with Crippen LogP contribution in [0, 0.1) is 13.8 Å². The maximum absolute atomic E-state index is 12.6. The number of aryl methyl sites for hydroxylation is 2. The van der Waals surface area contributed by atoms with E-state index in [4.69, 9.17) is 4.74 Å². The summed E-state index contributed by atoms with van der Waals surface area (Å²) in [5.41, 5.74) is 4.55. The van der Waals surface area contributed by atoms with Crippen molar-refractivity contribution >= 4 is 11.6 Å². The highest BCUT2D eigenvalue weighted by Crippen LogP contribution is 2.22. The van der Waals surface area contributed by atoms with Gasteiger partial charge in [-0.1, -0.05) is 31.2 Å². The second-order valence-corrected chi connectivity index (χ2v) is 7.36. The second kappa shape index (κ2) is 8.94. The third kappa shape index (κ3) is 5.03. The molecule has 0 saturated carbocycles. The van der Waals surface area contributed by atoms with Crippen LogP contribution in [0.15, 0.2) is 42.5 Å². The lowest BCUT2D eigenvalue weighted by Gasteiger charge is -2.20. The summed E-state index contributed by atoms with van der Waals surface area (Å²) in [7, 11) is 0. The Hall–Kier alpha value is -2.49. The maximum Gasteiger partial charge on any atom is 0.261 e. The summed E-state index contributed by atoms with van der Waals surface area (Å²) in [6, 6.07) is 14.6. The Bertz CT molecular complexity index is 764. The first kappa shape index (κ1) is 19.3. The Balaban J connectivity index is 1.56. The molecule has 0 spiro atoms. The fourth-order valence-corrected chi connectivity index (χ4v) is 3.41. The third-order valence-corrected chi connectivity index (χ3v) is 5.15. The molecule has 144 valence electrons. The van der Waals surface area contributed by atoms with Gasteiger partial charge in [-0.25, -0.2) is 0 Å². The van der Waals surface area contributed by atoms with E-state index < -0.39 is 6.10 Å². The molecule has 3 rings (SSSR count). The van der Waals surface area contributed by atoms with E-state index in [1.807, 2.05) is 32.9 Å². The lowest BCUT2D eigenvalue weighted by atomic mass is 10.1. The number of hydrogen-bond donors (Lipinski definition) is 1. The van der Waals surface area contributed by atoms with Crippen molar-refractivity contribution < 1.29 is 9.53 Å². The molecular formula is C23H30N2O2. The minimum Gasteiger partial charge on any atom is -0.480 e. The minimum absolute atomic E-state index is 0.0676. The van der Waals surface area contributed by atoms with Gasteiger partial charge in [0.05, 0.1) is 0 Å². The molecule has 0 bridgehead atoms. The molecule has 2 aromatic carbocycles. The molecule has 1 N–H and O–H groups in total. The van der Waals surface area contributed by atoms with Crippen LogP contribution in [-0.2, 0) is 11.3 Å². The molecule has 0 radical (unpaired) electrons. The van der Waals surface area contributed by atoms with Gasteiger partial charge in [-0.05, 0) is 68.0 Å².